The summed E-state index contributed by atoms with van der Waals surface area (Å²) in [5.41, 5.74) is 2.31. The van der Waals surface area contributed by atoms with E-state index in [2.05, 4.69) is 11.4 Å². The number of hydrogen-bond acceptors (Lipinski definition) is 3. The van der Waals surface area contributed by atoms with Gasteiger partial charge in [-0.25, -0.2) is 8.42 Å². The highest BCUT2D eigenvalue weighted by Crippen LogP contribution is 2.20. The molecule has 1 N–H and O–H groups in total. The van der Waals surface area contributed by atoms with Crippen LogP contribution in [0.5, 0.6) is 0 Å². The topological polar surface area (TPSA) is 51.1 Å². The van der Waals surface area contributed by atoms with Crippen molar-refractivity contribution in [3.8, 4) is 0 Å². The fourth-order valence-electron chi connectivity index (χ4n) is 2.12. The number of aromatic nitrogens is 1. The number of fused-ring (bicyclic) bond motifs is 1. The monoisotopic (exact) mass is 266 g/mol. The van der Waals surface area contributed by atoms with Crippen LogP contribution in [0, 0.1) is 0 Å². The number of nitrogens with one attached hydrogen (secondary N) is 1. The molecule has 5 heteroatoms. The van der Waals surface area contributed by atoms with Crippen LogP contribution in [0.15, 0.2) is 30.5 Å². The quantitative estimate of drug-likeness (QED) is 0.890. The Kier molecular flexibility index (Phi) is 3.73. The van der Waals surface area contributed by atoms with Gasteiger partial charge in [-0.05, 0) is 24.1 Å². The molecule has 0 saturated carbocycles. The molecule has 2 rings (SSSR count). The van der Waals surface area contributed by atoms with E-state index in [1.807, 2.05) is 36.0 Å². The van der Waals surface area contributed by atoms with Gasteiger partial charge < -0.3 is 9.88 Å². The fourth-order valence-corrected chi connectivity index (χ4v) is 2.65. The maximum absolute atomic E-state index is 11.2. The second kappa shape index (κ2) is 5.12. The molecule has 0 bridgehead atoms. The van der Waals surface area contributed by atoms with Crippen LogP contribution in [-0.4, -0.2) is 32.0 Å². The second-order valence-electron chi connectivity index (χ2n) is 4.52. The molecule has 1 aromatic carbocycles. The van der Waals surface area contributed by atoms with Gasteiger partial charge in [0.1, 0.15) is 9.84 Å². The molecule has 0 unspecified atom stereocenters. The van der Waals surface area contributed by atoms with E-state index in [0.29, 0.717) is 6.54 Å². The Labute approximate surface area is 108 Å². The molecule has 4 nitrogen and oxygen atoms in total. The summed E-state index contributed by atoms with van der Waals surface area (Å²) in [5, 5.41) is 4.28. The van der Waals surface area contributed by atoms with E-state index in [-0.39, 0.29) is 5.75 Å². The molecule has 1 heterocycles. The third-order valence-corrected chi connectivity index (χ3v) is 3.87. The Morgan fingerprint density at radius 2 is 2.06 bits per heavy atom. The first kappa shape index (κ1) is 13.1. The molecule has 0 atom stereocenters. The fraction of sp³-hybridized carbons (Fsp3) is 0.385. The number of para-hydroxylation sites is 1. The van der Waals surface area contributed by atoms with Crippen molar-refractivity contribution in [1.82, 2.24) is 9.88 Å². The van der Waals surface area contributed by atoms with E-state index in [0.717, 1.165) is 17.4 Å². The molecular weight excluding hydrogens is 248 g/mol. The number of sulfone groups is 1. The van der Waals surface area contributed by atoms with Crippen LogP contribution in [0.25, 0.3) is 10.9 Å². The Balaban J connectivity index is 2.39. The highest BCUT2D eigenvalue weighted by atomic mass is 32.2. The van der Waals surface area contributed by atoms with Gasteiger partial charge in [-0.3, -0.25) is 0 Å². The van der Waals surface area contributed by atoms with Crippen molar-refractivity contribution in [1.29, 1.82) is 0 Å². The third-order valence-electron chi connectivity index (χ3n) is 2.94. The molecule has 0 aliphatic rings. The smallest absolute Gasteiger partial charge is 0.149 e. The standard InChI is InChI=1S/C13H18N2O2S/c1-14-10-12-5-3-4-11-6-7-15(13(11)12)8-9-18(2,16)17/h3-7,14H,8-10H2,1-2H3. The van der Waals surface area contributed by atoms with Gasteiger partial charge in [0.15, 0.2) is 0 Å². The van der Waals surface area contributed by atoms with Crippen LogP contribution >= 0.6 is 0 Å². The number of benzene rings is 1. The van der Waals surface area contributed by atoms with Gasteiger partial charge in [0.2, 0.25) is 0 Å². The largest absolute Gasteiger partial charge is 0.346 e. The van der Waals surface area contributed by atoms with E-state index < -0.39 is 9.84 Å². The molecule has 0 aliphatic heterocycles. The average molecular weight is 266 g/mol. The van der Waals surface area contributed by atoms with Crippen LogP contribution in [-0.2, 0) is 22.9 Å². The number of aryl methyl sites for hydroxylation is 1. The predicted molar refractivity (Wildman–Crippen MR) is 74.4 cm³/mol. The minimum Gasteiger partial charge on any atom is -0.346 e. The van der Waals surface area contributed by atoms with Gasteiger partial charge in [-0.15, -0.1) is 0 Å². The van der Waals surface area contributed by atoms with Crippen LogP contribution in [0.1, 0.15) is 5.56 Å². The number of hydrogen-bond donors (Lipinski definition) is 1. The average Bonchev–Trinajstić information content (AvgIpc) is 2.70. The highest BCUT2D eigenvalue weighted by molar-refractivity contribution is 7.90. The number of nitrogens with zero attached hydrogens (tertiary/aromatic N) is 1. The van der Waals surface area contributed by atoms with E-state index in [4.69, 9.17) is 0 Å². The molecule has 0 saturated heterocycles. The van der Waals surface area contributed by atoms with E-state index >= 15 is 0 Å². The van der Waals surface area contributed by atoms with Gasteiger partial charge in [0.05, 0.1) is 11.3 Å². The third kappa shape index (κ3) is 2.91. The van der Waals surface area contributed by atoms with Crippen molar-refractivity contribution in [2.75, 3.05) is 19.1 Å². The molecule has 1 aromatic heterocycles. The van der Waals surface area contributed by atoms with Crippen LogP contribution < -0.4 is 5.32 Å². The number of rotatable bonds is 5. The Morgan fingerprint density at radius 1 is 1.28 bits per heavy atom. The lowest BCUT2D eigenvalue weighted by atomic mass is 10.1. The first-order chi connectivity index (χ1) is 8.51. The lowest BCUT2D eigenvalue weighted by Gasteiger charge is -2.09. The van der Waals surface area contributed by atoms with Gasteiger partial charge in [-0.1, -0.05) is 18.2 Å². The van der Waals surface area contributed by atoms with Gasteiger partial charge in [0, 0.05) is 25.5 Å². The van der Waals surface area contributed by atoms with Crippen molar-refractivity contribution in [3.05, 3.63) is 36.0 Å². The Hall–Kier alpha value is -1.33. The summed E-state index contributed by atoms with van der Waals surface area (Å²) in [5.74, 6) is 0.171. The minimum atomic E-state index is -2.93. The van der Waals surface area contributed by atoms with Crippen LogP contribution in [0.3, 0.4) is 0 Å². The zero-order valence-corrected chi connectivity index (χ0v) is 11.5. The zero-order chi connectivity index (χ0) is 13.2. The van der Waals surface area contributed by atoms with Crippen molar-refractivity contribution < 1.29 is 8.42 Å². The maximum atomic E-state index is 11.2. The van der Waals surface area contributed by atoms with Crippen molar-refractivity contribution in [2.24, 2.45) is 0 Å². The van der Waals surface area contributed by atoms with E-state index in [9.17, 15) is 8.42 Å². The molecule has 98 valence electrons. The van der Waals surface area contributed by atoms with Crippen molar-refractivity contribution in [3.63, 3.8) is 0 Å². The normalized spacial score (nSPS) is 12.1. The lowest BCUT2D eigenvalue weighted by molar-refractivity contribution is 0.596. The minimum absolute atomic E-state index is 0.171. The van der Waals surface area contributed by atoms with Gasteiger partial charge in [0.25, 0.3) is 0 Å². The summed E-state index contributed by atoms with van der Waals surface area (Å²) < 4.78 is 24.5. The molecule has 18 heavy (non-hydrogen) atoms. The van der Waals surface area contributed by atoms with E-state index in [1.165, 1.54) is 11.8 Å². The first-order valence-electron chi connectivity index (χ1n) is 5.90. The maximum Gasteiger partial charge on any atom is 0.149 e. The summed E-state index contributed by atoms with van der Waals surface area (Å²) >= 11 is 0. The molecule has 0 fully saturated rings. The van der Waals surface area contributed by atoms with Crippen molar-refractivity contribution in [2.45, 2.75) is 13.1 Å². The van der Waals surface area contributed by atoms with Gasteiger partial charge >= 0.3 is 0 Å². The SMILES string of the molecule is CNCc1cccc2ccn(CCS(C)(=O)=O)c12. The highest BCUT2D eigenvalue weighted by Gasteiger charge is 2.08. The van der Waals surface area contributed by atoms with Crippen LogP contribution in [0.2, 0.25) is 0 Å². The molecule has 0 aliphatic carbocycles. The molecule has 2 aromatic rings. The first-order valence-corrected chi connectivity index (χ1v) is 7.96. The van der Waals surface area contributed by atoms with Gasteiger partial charge in [-0.2, -0.15) is 0 Å². The molecule has 0 radical (unpaired) electrons. The van der Waals surface area contributed by atoms with Crippen LogP contribution in [0.4, 0.5) is 0 Å². The van der Waals surface area contributed by atoms with Crippen molar-refractivity contribution >= 4 is 20.7 Å². The summed E-state index contributed by atoms with van der Waals surface area (Å²) in [6.45, 7) is 1.28. The zero-order valence-electron chi connectivity index (χ0n) is 10.7. The lowest BCUT2D eigenvalue weighted by Crippen LogP contribution is -2.12. The molecular formula is C13H18N2O2S. The molecule has 0 spiro atoms. The summed E-state index contributed by atoms with van der Waals surface area (Å²) in [6, 6.07) is 8.16. The second-order valence-corrected chi connectivity index (χ2v) is 6.78. The Bertz CT molecular complexity index is 644. The Morgan fingerprint density at radius 3 is 2.72 bits per heavy atom. The van der Waals surface area contributed by atoms with E-state index in [1.54, 1.807) is 0 Å². The summed E-state index contributed by atoms with van der Waals surface area (Å²) in [6.07, 6.45) is 3.22. The molecule has 0 amide bonds. The summed E-state index contributed by atoms with van der Waals surface area (Å²) in [4.78, 5) is 0. The predicted octanol–water partition coefficient (Wildman–Crippen LogP) is 1.41. The summed E-state index contributed by atoms with van der Waals surface area (Å²) in [7, 11) is -1.03.